The van der Waals surface area contributed by atoms with E-state index < -0.39 is 45.4 Å². The van der Waals surface area contributed by atoms with Crippen LogP contribution in [0.4, 0.5) is 17.6 Å². The number of hydrogen-bond donors (Lipinski definition) is 1. The molecule has 0 bridgehead atoms. The van der Waals surface area contributed by atoms with Crippen LogP contribution in [-0.4, -0.2) is 62.0 Å². The molecule has 0 saturated carbocycles. The molecule has 0 radical (unpaired) electrons. The van der Waals surface area contributed by atoms with Crippen LogP contribution in [0.2, 0.25) is 10.0 Å². The lowest BCUT2D eigenvalue weighted by Crippen LogP contribution is -2.54. The van der Waals surface area contributed by atoms with Crippen molar-refractivity contribution in [2.24, 2.45) is 0 Å². The molecule has 6 nitrogen and oxygen atoms in total. The Kier molecular flexibility index (Phi) is 9.41. The fourth-order valence-corrected chi connectivity index (χ4v) is 6.01. The second kappa shape index (κ2) is 11.7. The molecule has 13 heteroatoms. The zero-order valence-electron chi connectivity index (χ0n) is 21.1. The maximum absolute atomic E-state index is 14.3. The van der Waals surface area contributed by atoms with Gasteiger partial charge in [-0.3, -0.25) is 4.79 Å². The molecule has 3 rings (SSSR count). The van der Waals surface area contributed by atoms with Crippen molar-refractivity contribution in [1.82, 2.24) is 14.5 Å². The highest BCUT2D eigenvalue weighted by molar-refractivity contribution is 7.88. The summed E-state index contributed by atoms with van der Waals surface area (Å²) >= 11 is 12.3. The maximum atomic E-state index is 14.3. The van der Waals surface area contributed by atoms with Crippen molar-refractivity contribution in [3.8, 4) is 0 Å². The molecular formula is C25H29Cl2F4N3O3S. The highest BCUT2D eigenvalue weighted by Gasteiger charge is 2.38. The Labute approximate surface area is 229 Å². The van der Waals surface area contributed by atoms with Gasteiger partial charge in [-0.25, -0.2) is 12.8 Å². The van der Waals surface area contributed by atoms with Gasteiger partial charge in [-0.05, 0) is 62.7 Å². The molecule has 1 amide bonds. The first-order valence-electron chi connectivity index (χ1n) is 11.8. The average molecular weight is 598 g/mol. The van der Waals surface area contributed by atoms with E-state index in [9.17, 15) is 30.8 Å². The van der Waals surface area contributed by atoms with E-state index in [4.69, 9.17) is 23.2 Å². The predicted octanol–water partition coefficient (Wildman–Crippen LogP) is 5.08. The number of piperazine rings is 1. The topological polar surface area (TPSA) is 69.7 Å². The summed E-state index contributed by atoms with van der Waals surface area (Å²) in [5.41, 5.74) is -1.99. The Morgan fingerprint density at radius 1 is 1.08 bits per heavy atom. The first-order valence-corrected chi connectivity index (χ1v) is 14.4. The van der Waals surface area contributed by atoms with Gasteiger partial charge in [0.25, 0.3) is 0 Å². The number of nitrogens with one attached hydrogen (secondary N) is 1. The van der Waals surface area contributed by atoms with Crippen LogP contribution in [0.5, 0.6) is 0 Å². The number of hydrogen-bond acceptors (Lipinski definition) is 4. The third-order valence-electron chi connectivity index (χ3n) is 6.87. The van der Waals surface area contributed by atoms with Crippen LogP contribution in [0.3, 0.4) is 0 Å². The van der Waals surface area contributed by atoms with Gasteiger partial charge < -0.3 is 10.2 Å². The van der Waals surface area contributed by atoms with E-state index in [0.717, 1.165) is 12.3 Å². The summed E-state index contributed by atoms with van der Waals surface area (Å²) in [7, 11) is -3.34. The van der Waals surface area contributed by atoms with E-state index in [2.05, 4.69) is 5.32 Å². The van der Waals surface area contributed by atoms with Gasteiger partial charge in [0.15, 0.2) is 0 Å². The molecule has 1 aliphatic heterocycles. The van der Waals surface area contributed by atoms with Crippen LogP contribution >= 0.6 is 23.2 Å². The molecule has 38 heavy (non-hydrogen) atoms. The van der Waals surface area contributed by atoms with Crippen LogP contribution in [0.15, 0.2) is 36.4 Å². The zero-order chi connectivity index (χ0) is 28.5. The fourth-order valence-electron chi connectivity index (χ4n) is 4.58. The third kappa shape index (κ3) is 7.18. The Bertz CT molecular complexity index is 1290. The number of alkyl halides is 3. The highest BCUT2D eigenvalue weighted by Crippen LogP contribution is 2.34. The number of benzene rings is 2. The average Bonchev–Trinajstić information content (AvgIpc) is 2.82. The van der Waals surface area contributed by atoms with Crippen molar-refractivity contribution >= 4 is 39.1 Å². The van der Waals surface area contributed by atoms with Crippen molar-refractivity contribution in [1.29, 1.82) is 0 Å². The molecule has 210 valence electrons. The lowest BCUT2D eigenvalue weighted by atomic mass is 9.78. The molecule has 1 heterocycles. The van der Waals surface area contributed by atoms with Crippen molar-refractivity contribution in [2.45, 2.75) is 44.4 Å². The minimum Gasteiger partial charge on any atom is -0.351 e. The molecule has 0 spiro atoms. The van der Waals surface area contributed by atoms with Crippen molar-refractivity contribution < 1.29 is 30.8 Å². The predicted molar refractivity (Wildman–Crippen MR) is 139 cm³/mol. The normalized spacial score (nSPS) is 19.2. The van der Waals surface area contributed by atoms with Gasteiger partial charge in [-0.1, -0.05) is 29.3 Å². The molecule has 0 aliphatic carbocycles. The highest BCUT2D eigenvalue weighted by atomic mass is 35.5. The number of amides is 1. The summed E-state index contributed by atoms with van der Waals surface area (Å²) in [4.78, 5) is 15.6. The number of nitrogens with zero attached hydrogens (tertiary/aromatic N) is 2. The van der Waals surface area contributed by atoms with Gasteiger partial charge in [-0.2, -0.15) is 17.5 Å². The molecule has 0 aromatic heterocycles. The van der Waals surface area contributed by atoms with Crippen LogP contribution in [0.1, 0.15) is 37.0 Å². The first kappa shape index (κ1) is 30.6. The first-order chi connectivity index (χ1) is 17.5. The maximum Gasteiger partial charge on any atom is 0.416 e. The van der Waals surface area contributed by atoms with Crippen molar-refractivity contribution in [3.63, 3.8) is 0 Å². The molecule has 1 fully saturated rings. The van der Waals surface area contributed by atoms with E-state index in [-0.39, 0.29) is 28.1 Å². The number of sulfonamides is 1. The molecule has 2 aromatic carbocycles. The monoisotopic (exact) mass is 597 g/mol. The number of carbonyl (C=O) groups excluding carboxylic acids is 1. The smallest absolute Gasteiger partial charge is 0.351 e. The summed E-state index contributed by atoms with van der Waals surface area (Å²) in [5.74, 6) is -1.40. The molecule has 2 atom stereocenters. The van der Waals surface area contributed by atoms with Crippen molar-refractivity contribution in [3.05, 3.63) is 69.0 Å². The summed E-state index contributed by atoms with van der Waals surface area (Å²) < 4.78 is 79.0. The summed E-state index contributed by atoms with van der Waals surface area (Å²) in [6, 6.07) is 6.53. The standard InChI is InChI=1S/C25H29Cl2F4N3O3S/c1-16-15-33(10-11-34(16)38(3,36)37)9-8-24(2,18-4-6-20(26)21(27)13-18)23(35)32-14-17-12-19(25(29,30)31)5-7-22(17)28/h4-7,12-13,16H,8-11,14-15H2,1-3H3,(H,32,35)/t16-,24?/m0/s1. The quantitative estimate of drug-likeness (QED) is 0.431. The zero-order valence-corrected chi connectivity index (χ0v) is 23.4. The van der Waals surface area contributed by atoms with Crippen LogP contribution in [0.25, 0.3) is 0 Å². The minimum absolute atomic E-state index is 0.225. The van der Waals surface area contributed by atoms with E-state index >= 15 is 0 Å². The minimum atomic E-state index is -4.65. The third-order valence-corrected chi connectivity index (χ3v) is 9.01. The SMILES string of the molecule is C[C@H]1CN(CCC(C)(C(=O)NCc2cc(C(F)(F)F)ccc2F)c2ccc(Cl)c(Cl)c2)CCN1S(C)(=O)=O. The fraction of sp³-hybridized carbons (Fsp3) is 0.480. The second-order valence-corrected chi connectivity index (χ2v) is 12.5. The van der Waals surface area contributed by atoms with Crippen LogP contribution in [0, 0.1) is 5.82 Å². The van der Waals surface area contributed by atoms with E-state index in [0.29, 0.717) is 43.9 Å². The molecule has 1 unspecified atom stereocenters. The number of carbonyl (C=O) groups is 1. The van der Waals surface area contributed by atoms with Gasteiger partial charge >= 0.3 is 6.18 Å². The van der Waals surface area contributed by atoms with Gasteiger partial charge in [0.1, 0.15) is 5.82 Å². The molecule has 1 aliphatic rings. The molecule has 2 aromatic rings. The number of rotatable bonds is 8. The summed E-state index contributed by atoms with van der Waals surface area (Å²) in [5, 5.41) is 3.10. The van der Waals surface area contributed by atoms with E-state index in [1.165, 1.54) is 4.31 Å². The number of halogens is 6. The Morgan fingerprint density at radius 2 is 1.74 bits per heavy atom. The van der Waals surface area contributed by atoms with E-state index in [1.807, 2.05) is 11.8 Å². The van der Waals surface area contributed by atoms with Crippen LogP contribution in [-0.2, 0) is 33.0 Å². The largest absolute Gasteiger partial charge is 0.416 e. The Morgan fingerprint density at radius 3 is 2.32 bits per heavy atom. The molecule has 1 saturated heterocycles. The van der Waals surface area contributed by atoms with E-state index in [1.54, 1.807) is 25.1 Å². The van der Waals surface area contributed by atoms with Gasteiger partial charge in [0, 0.05) is 37.8 Å². The lowest BCUT2D eigenvalue weighted by molar-refractivity contribution is -0.137. The van der Waals surface area contributed by atoms with Gasteiger partial charge in [0.2, 0.25) is 15.9 Å². The van der Waals surface area contributed by atoms with Gasteiger partial charge in [0.05, 0.1) is 27.3 Å². The Hall–Kier alpha value is -1.92. The Balaban J connectivity index is 1.81. The summed E-state index contributed by atoms with van der Waals surface area (Å²) in [6.45, 7) is 4.68. The van der Waals surface area contributed by atoms with Crippen LogP contribution < -0.4 is 5.32 Å². The molecular weight excluding hydrogens is 569 g/mol. The second-order valence-electron chi connectivity index (χ2n) is 9.72. The van der Waals surface area contributed by atoms with Gasteiger partial charge in [-0.15, -0.1) is 0 Å². The lowest BCUT2D eigenvalue weighted by Gasteiger charge is -2.40. The van der Waals surface area contributed by atoms with Crippen molar-refractivity contribution in [2.75, 3.05) is 32.4 Å². The summed E-state index contributed by atoms with van der Waals surface area (Å²) in [6.07, 6.45) is -3.22. The molecule has 1 N–H and O–H groups in total.